The lowest BCUT2D eigenvalue weighted by atomic mass is 9.62. The molecule has 4 N–H and O–H groups in total. The first kappa shape index (κ1) is 28.3. The molecule has 0 bridgehead atoms. The molecule has 1 atom stereocenters. The lowest BCUT2D eigenvalue weighted by Gasteiger charge is -2.43. The number of hydrogen-bond donors (Lipinski definition) is 3. The molecule has 39 heavy (non-hydrogen) atoms. The maximum Gasteiger partial charge on any atom is 0.248 e. The van der Waals surface area contributed by atoms with Gasteiger partial charge in [-0.15, -0.1) is 0 Å². The Kier molecular flexibility index (Phi) is 8.09. The number of aliphatic hydroxyl groups is 1. The normalized spacial score (nSPS) is 15.9. The molecule has 1 aliphatic carbocycles. The van der Waals surface area contributed by atoms with Crippen molar-refractivity contribution < 1.29 is 9.90 Å². The van der Waals surface area contributed by atoms with Crippen molar-refractivity contribution in [1.82, 2.24) is 0 Å². The number of primary amides is 1. The molecule has 0 aliphatic heterocycles. The zero-order valence-electron chi connectivity index (χ0n) is 24.1. The summed E-state index contributed by atoms with van der Waals surface area (Å²) in [4.78, 5) is 13.4. The Morgan fingerprint density at radius 3 is 2.26 bits per heavy atom. The van der Waals surface area contributed by atoms with Gasteiger partial charge < -0.3 is 21.1 Å². The number of hydrogen-bond acceptors (Lipinski definition) is 4. The topological polar surface area (TPSA) is 78.6 Å². The van der Waals surface area contributed by atoms with E-state index in [0.29, 0.717) is 5.56 Å². The number of rotatable bonds is 7. The minimum atomic E-state index is -0.939. The molecule has 0 saturated heterocycles. The molecule has 1 aliphatic rings. The third-order valence-corrected chi connectivity index (χ3v) is 7.96. The molecule has 1 amide bonds. The van der Waals surface area contributed by atoms with E-state index >= 15 is 0 Å². The first-order valence-corrected chi connectivity index (χ1v) is 13.7. The standard InChI is InChI=1S/C34H41N3O2/c1-33(2)18-19-34(3,4)31-28(33)21-26(30(38)16-11-23-7-12-25(13-8-23)32(35)39)22-29(31)36-20-17-24-9-14-27(15-10-24)37(5)6/h7-10,12-15,21-22,30,36,38H,17-20H2,1-6H3,(H2,35,39). The summed E-state index contributed by atoms with van der Waals surface area (Å²) in [5, 5.41) is 14.9. The van der Waals surface area contributed by atoms with Crippen LogP contribution in [0.25, 0.3) is 0 Å². The molecule has 204 valence electrons. The van der Waals surface area contributed by atoms with Crippen LogP contribution in [0.3, 0.4) is 0 Å². The van der Waals surface area contributed by atoms with Crippen LogP contribution in [0.1, 0.15) is 84.8 Å². The van der Waals surface area contributed by atoms with E-state index in [9.17, 15) is 9.90 Å². The Morgan fingerprint density at radius 1 is 1.00 bits per heavy atom. The van der Waals surface area contributed by atoms with Gasteiger partial charge in [0, 0.05) is 43.1 Å². The Bertz CT molecular complexity index is 1390. The van der Waals surface area contributed by atoms with E-state index in [1.807, 2.05) is 14.1 Å². The van der Waals surface area contributed by atoms with E-state index in [4.69, 9.17) is 5.73 Å². The molecule has 5 heteroatoms. The van der Waals surface area contributed by atoms with Gasteiger partial charge in [0.1, 0.15) is 6.10 Å². The van der Waals surface area contributed by atoms with Crippen molar-refractivity contribution in [1.29, 1.82) is 0 Å². The van der Waals surface area contributed by atoms with E-state index < -0.39 is 12.0 Å². The van der Waals surface area contributed by atoms with Crippen LogP contribution < -0.4 is 16.0 Å². The number of carbonyl (C=O) groups is 1. The summed E-state index contributed by atoms with van der Waals surface area (Å²) in [5.74, 6) is 5.57. The highest BCUT2D eigenvalue weighted by Gasteiger charge is 2.39. The van der Waals surface area contributed by atoms with Gasteiger partial charge in [-0.3, -0.25) is 4.79 Å². The van der Waals surface area contributed by atoms with Gasteiger partial charge in [0.15, 0.2) is 0 Å². The highest BCUT2D eigenvalue weighted by molar-refractivity contribution is 5.92. The second-order valence-electron chi connectivity index (χ2n) is 12.1. The van der Waals surface area contributed by atoms with Crippen LogP contribution >= 0.6 is 0 Å². The highest BCUT2D eigenvalue weighted by atomic mass is 16.3. The number of nitrogens with one attached hydrogen (secondary N) is 1. The molecule has 5 nitrogen and oxygen atoms in total. The molecule has 1 unspecified atom stereocenters. The van der Waals surface area contributed by atoms with Crippen LogP contribution in [0.5, 0.6) is 0 Å². The van der Waals surface area contributed by atoms with Crippen LogP contribution in [-0.4, -0.2) is 31.7 Å². The van der Waals surface area contributed by atoms with Crippen LogP contribution in [0.15, 0.2) is 60.7 Å². The number of nitrogens with two attached hydrogens (primary N) is 1. The Hall–Kier alpha value is -3.75. The molecule has 0 heterocycles. The lowest BCUT2D eigenvalue weighted by molar-refractivity contribution is 0.1000. The van der Waals surface area contributed by atoms with Gasteiger partial charge in [-0.05, 0) is 94.8 Å². The van der Waals surface area contributed by atoms with Crippen LogP contribution in [0.4, 0.5) is 11.4 Å². The molecule has 4 rings (SSSR count). The Balaban J connectivity index is 1.63. The third kappa shape index (κ3) is 6.46. The largest absolute Gasteiger partial charge is 0.384 e. The van der Waals surface area contributed by atoms with Gasteiger partial charge >= 0.3 is 0 Å². The van der Waals surface area contributed by atoms with Crippen molar-refractivity contribution in [3.05, 3.63) is 94.0 Å². The van der Waals surface area contributed by atoms with Crippen LogP contribution in [0, 0.1) is 11.8 Å². The van der Waals surface area contributed by atoms with E-state index in [0.717, 1.165) is 42.6 Å². The van der Waals surface area contributed by atoms with E-state index in [2.05, 4.69) is 86.2 Å². The van der Waals surface area contributed by atoms with Gasteiger partial charge in [-0.2, -0.15) is 0 Å². The minimum Gasteiger partial charge on any atom is -0.384 e. The van der Waals surface area contributed by atoms with Crippen molar-refractivity contribution in [3.63, 3.8) is 0 Å². The molecule has 3 aromatic rings. The zero-order valence-corrected chi connectivity index (χ0v) is 24.1. The van der Waals surface area contributed by atoms with Gasteiger partial charge in [-0.25, -0.2) is 0 Å². The number of nitrogens with zero attached hydrogens (tertiary/aromatic N) is 1. The molecular formula is C34H41N3O2. The van der Waals surface area contributed by atoms with Gasteiger partial charge in [0.2, 0.25) is 5.91 Å². The molecule has 3 aromatic carbocycles. The van der Waals surface area contributed by atoms with Gasteiger partial charge in [0.05, 0.1) is 0 Å². The van der Waals surface area contributed by atoms with E-state index in [1.165, 1.54) is 22.4 Å². The summed E-state index contributed by atoms with van der Waals surface area (Å²) in [6.45, 7) is 10.0. The second kappa shape index (κ2) is 11.2. The highest BCUT2D eigenvalue weighted by Crippen LogP contribution is 2.49. The smallest absolute Gasteiger partial charge is 0.248 e. The molecule has 0 fully saturated rings. The average Bonchev–Trinajstić information content (AvgIpc) is 2.90. The summed E-state index contributed by atoms with van der Waals surface area (Å²) >= 11 is 0. The summed E-state index contributed by atoms with van der Waals surface area (Å²) in [6, 6.07) is 19.7. The summed E-state index contributed by atoms with van der Waals surface area (Å²) in [6.07, 6.45) is 2.16. The number of aliphatic hydroxyl groups excluding tert-OH is 1. The van der Waals surface area contributed by atoms with E-state index in [1.54, 1.807) is 24.3 Å². The summed E-state index contributed by atoms with van der Waals surface area (Å²) in [5.41, 5.74) is 13.5. The molecule has 0 spiro atoms. The predicted molar refractivity (Wildman–Crippen MR) is 161 cm³/mol. The first-order chi connectivity index (χ1) is 18.4. The fourth-order valence-electron chi connectivity index (χ4n) is 5.36. The van der Waals surface area contributed by atoms with Crippen molar-refractivity contribution in [2.75, 3.05) is 30.9 Å². The maximum atomic E-state index is 11.3. The molecule has 0 radical (unpaired) electrons. The Labute approximate surface area is 233 Å². The number of fused-ring (bicyclic) bond motifs is 1. The monoisotopic (exact) mass is 523 g/mol. The summed E-state index contributed by atoms with van der Waals surface area (Å²) < 4.78 is 0. The first-order valence-electron chi connectivity index (χ1n) is 13.7. The number of benzene rings is 3. The van der Waals surface area contributed by atoms with Crippen molar-refractivity contribution in [3.8, 4) is 11.8 Å². The average molecular weight is 524 g/mol. The minimum absolute atomic E-state index is 0.00293. The lowest BCUT2D eigenvalue weighted by Crippen LogP contribution is -2.35. The van der Waals surface area contributed by atoms with E-state index in [-0.39, 0.29) is 10.8 Å². The molecular weight excluding hydrogens is 482 g/mol. The number of amides is 1. The Morgan fingerprint density at radius 2 is 1.64 bits per heavy atom. The van der Waals surface area contributed by atoms with Crippen molar-refractivity contribution in [2.24, 2.45) is 5.73 Å². The maximum absolute atomic E-state index is 11.3. The quantitative estimate of drug-likeness (QED) is 0.335. The number of anilines is 2. The third-order valence-electron chi connectivity index (χ3n) is 7.96. The number of carbonyl (C=O) groups excluding carboxylic acids is 1. The zero-order chi connectivity index (χ0) is 28.4. The van der Waals surface area contributed by atoms with Gasteiger partial charge in [-0.1, -0.05) is 57.7 Å². The summed E-state index contributed by atoms with van der Waals surface area (Å²) in [7, 11) is 4.10. The molecule has 0 aromatic heterocycles. The predicted octanol–water partition coefficient (Wildman–Crippen LogP) is 5.94. The molecule has 0 saturated carbocycles. The fourth-order valence-corrected chi connectivity index (χ4v) is 5.36. The van der Waals surface area contributed by atoms with Crippen LogP contribution in [0.2, 0.25) is 0 Å². The fraction of sp³-hybridized carbons (Fsp3) is 0.382. The second-order valence-corrected chi connectivity index (χ2v) is 12.1. The van der Waals surface area contributed by atoms with Gasteiger partial charge in [0.25, 0.3) is 0 Å². The SMILES string of the molecule is CN(C)c1ccc(CCNc2cc(C(O)C#Cc3ccc(C(N)=O)cc3)cc3c2C(C)(C)CCC3(C)C)cc1. The van der Waals surface area contributed by atoms with Crippen molar-refractivity contribution in [2.45, 2.75) is 63.9 Å². The van der Waals surface area contributed by atoms with Crippen LogP contribution in [-0.2, 0) is 17.3 Å². The van der Waals surface area contributed by atoms with Crippen molar-refractivity contribution >= 4 is 17.3 Å².